The summed E-state index contributed by atoms with van der Waals surface area (Å²) in [7, 11) is -3.99. The predicted molar refractivity (Wildman–Crippen MR) is 131 cm³/mol. The Hall–Kier alpha value is -2.16. The van der Waals surface area contributed by atoms with Crippen molar-refractivity contribution in [2.75, 3.05) is 13.2 Å². The molecule has 2 rings (SSSR count). The van der Waals surface area contributed by atoms with Crippen LogP contribution in [0.15, 0.2) is 41.3 Å². The van der Waals surface area contributed by atoms with Crippen molar-refractivity contribution >= 4 is 26.7 Å². The van der Waals surface area contributed by atoms with Gasteiger partial charge in [-0.3, -0.25) is 10.0 Å². The maximum absolute atomic E-state index is 13.7. The number of fused-ring (bicyclic) bond motifs is 1. The van der Waals surface area contributed by atoms with Crippen LogP contribution in [0.5, 0.6) is 5.75 Å². The van der Waals surface area contributed by atoms with E-state index in [4.69, 9.17) is 4.74 Å². The van der Waals surface area contributed by atoms with Gasteiger partial charge in [0.2, 0.25) is 10.0 Å². The maximum Gasteiger partial charge on any atom is 0.262 e. The van der Waals surface area contributed by atoms with Crippen LogP contribution >= 0.6 is 0 Å². The van der Waals surface area contributed by atoms with E-state index in [9.17, 15) is 18.4 Å². The third kappa shape index (κ3) is 7.16. The first kappa shape index (κ1) is 27.1. The first-order valence-electron chi connectivity index (χ1n) is 11.6. The molecule has 0 heterocycles. The Morgan fingerprint density at radius 2 is 1.58 bits per heavy atom. The van der Waals surface area contributed by atoms with Crippen LogP contribution in [0.2, 0.25) is 0 Å². The third-order valence-corrected chi connectivity index (χ3v) is 7.48. The molecule has 0 aliphatic rings. The first-order valence-corrected chi connectivity index (χ1v) is 13.0. The Morgan fingerprint density at radius 3 is 2.15 bits per heavy atom. The fourth-order valence-electron chi connectivity index (χ4n) is 3.63. The van der Waals surface area contributed by atoms with Gasteiger partial charge in [-0.1, -0.05) is 53.7 Å². The van der Waals surface area contributed by atoms with Crippen LogP contribution in [0.3, 0.4) is 0 Å². The average Bonchev–Trinajstić information content (AvgIpc) is 2.74. The van der Waals surface area contributed by atoms with Gasteiger partial charge >= 0.3 is 0 Å². The number of hydrogen-bond acceptors (Lipinski definition) is 5. The number of carbonyl (C=O) groups excluding carboxylic acids is 1. The zero-order valence-electron chi connectivity index (χ0n) is 20.5. The summed E-state index contributed by atoms with van der Waals surface area (Å²) in [5.74, 6) is 0.487. The predicted octanol–water partition coefficient (Wildman–Crippen LogP) is 4.83. The quantitative estimate of drug-likeness (QED) is 0.336. The lowest BCUT2D eigenvalue weighted by Crippen LogP contribution is -2.52. The van der Waals surface area contributed by atoms with Crippen molar-refractivity contribution in [1.29, 1.82) is 0 Å². The van der Waals surface area contributed by atoms with Gasteiger partial charge in [-0.15, -0.1) is 0 Å². The summed E-state index contributed by atoms with van der Waals surface area (Å²) < 4.78 is 34.4. The highest BCUT2D eigenvalue weighted by Crippen LogP contribution is 2.28. The number of hydrogen-bond donors (Lipinski definition) is 2. The van der Waals surface area contributed by atoms with E-state index >= 15 is 0 Å². The Bertz CT molecular complexity index is 1030. The van der Waals surface area contributed by atoms with Gasteiger partial charge in [0.15, 0.2) is 0 Å². The van der Waals surface area contributed by atoms with Gasteiger partial charge in [0.25, 0.3) is 5.91 Å². The number of hydroxylamine groups is 1. The van der Waals surface area contributed by atoms with Crippen LogP contribution in [0.1, 0.15) is 54.4 Å². The molecule has 0 spiro atoms. The van der Waals surface area contributed by atoms with Crippen LogP contribution in [0, 0.1) is 17.8 Å². The summed E-state index contributed by atoms with van der Waals surface area (Å²) in [5, 5.41) is 10.9. The largest absolute Gasteiger partial charge is 0.494 e. The molecule has 0 saturated carbocycles. The first-order chi connectivity index (χ1) is 15.5. The minimum atomic E-state index is -3.99. The molecule has 7 nitrogen and oxygen atoms in total. The number of benzene rings is 2. The second kappa shape index (κ2) is 11.8. The normalized spacial score (nSPS) is 13.3. The van der Waals surface area contributed by atoms with E-state index in [1.54, 1.807) is 37.5 Å². The number of sulfonamides is 1. The summed E-state index contributed by atoms with van der Waals surface area (Å²) in [5.41, 5.74) is 1.64. The molecule has 33 heavy (non-hydrogen) atoms. The Kier molecular flexibility index (Phi) is 9.70. The third-order valence-electron chi connectivity index (χ3n) is 5.60. The van der Waals surface area contributed by atoms with Crippen LogP contribution in [-0.2, 0) is 14.8 Å². The SMILES string of the molecule is CC(C)CCOc1ccc2cc(S(=O)(=O)N(CCC(C)C)C(C(=O)NO)C(C)C)ccc2c1. The maximum atomic E-state index is 13.7. The second-order valence-electron chi connectivity index (χ2n) is 9.66. The molecule has 2 aromatic rings. The van der Waals surface area contributed by atoms with E-state index in [0.29, 0.717) is 18.9 Å². The van der Waals surface area contributed by atoms with Gasteiger partial charge in [0.1, 0.15) is 11.8 Å². The van der Waals surface area contributed by atoms with E-state index < -0.39 is 22.0 Å². The summed E-state index contributed by atoms with van der Waals surface area (Å²) in [6.07, 6.45) is 1.55. The van der Waals surface area contributed by atoms with Gasteiger partial charge < -0.3 is 4.74 Å². The van der Waals surface area contributed by atoms with Crippen molar-refractivity contribution < 1.29 is 23.2 Å². The summed E-state index contributed by atoms with van der Waals surface area (Å²) >= 11 is 0. The van der Waals surface area contributed by atoms with Crippen molar-refractivity contribution in [2.24, 2.45) is 17.8 Å². The van der Waals surface area contributed by atoms with Crippen molar-refractivity contribution in [3.63, 3.8) is 0 Å². The lowest BCUT2D eigenvalue weighted by atomic mass is 10.0. The molecule has 2 N–H and O–H groups in total. The molecule has 8 heteroatoms. The molecule has 0 aliphatic heterocycles. The number of nitrogens with one attached hydrogen (secondary N) is 1. The molecule has 0 fully saturated rings. The lowest BCUT2D eigenvalue weighted by molar-refractivity contribution is -0.134. The molecule has 0 aliphatic carbocycles. The molecule has 1 unspecified atom stereocenters. The van der Waals surface area contributed by atoms with Gasteiger partial charge in [-0.25, -0.2) is 13.9 Å². The van der Waals surface area contributed by atoms with E-state index in [1.807, 2.05) is 32.0 Å². The second-order valence-corrected chi connectivity index (χ2v) is 11.6. The standard InChI is InChI=1S/C25H38N2O5S/c1-17(2)11-13-27(24(19(5)6)25(28)26-29)33(30,31)23-10-8-20-15-22(9-7-21(20)16-23)32-14-12-18(3)4/h7-10,15-19,24,29H,11-14H2,1-6H3,(H,26,28). The zero-order chi connectivity index (χ0) is 24.8. The van der Waals surface area contributed by atoms with Gasteiger partial charge in [0.05, 0.1) is 11.5 Å². The summed E-state index contributed by atoms with van der Waals surface area (Å²) in [6.45, 7) is 12.6. The van der Waals surface area contributed by atoms with E-state index in [0.717, 1.165) is 22.9 Å². The Morgan fingerprint density at radius 1 is 0.970 bits per heavy atom. The highest BCUT2D eigenvalue weighted by molar-refractivity contribution is 7.89. The fourth-order valence-corrected chi connectivity index (χ4v) is 5.40. The van der Waals surface area contributed by atoms with Crippen molar-refractivity contribution in [3.8, 4) is 5.75 Å². The average molecular weight is 479 g/mol. The Balaban J connectivity index is 2.41. The van der Waals surface area contributed by atoms with Crippen molar-refractivity contribution in [1.82, 2.24) is 9.79 Å². The number of ether oxygens (including phenoxy) is 1. The minimum Gasteiger partial charge on any atom is -0.494 e. The minimum absolute atomic E-state index is 0.114. The molecule has 2 aromatic carbocycles. The molecule has 1 amide bonds. The highest BCUT2D eigenvalue weighted by atomic mass is 32.2. The molecule has 184 valence electrons. The highest BCUT2D eigenvalue weighted by Gasteiger charge is 2.37. The van der Waals surface area contributed by atoms with Crippen LogP contribution < -0.4 is 10.2 Å². The van der Waals surface area contributed by atoms with E-state index in [-0.39, 0.29) is 23.3 Å². The zero-order valence-corrected chi connectivity index (χ0v) is 21.4. The summed E-state index contributed by atoms with van der Waals surface area (Å²) in [4.78, 5) is 12.5. The molecule has 0 saturated heterocycles. The van der Waals surface area contributed by atoms with Crippen molar-refractivity contribution in [3.05, 3.63) is 36.4 Å². The fraction of sp³-hybridized carbons (Fsp3) is 0.560. The Labute approximate surface area is 198 Å². The molecule has 1 atom stereocenters. The van der Waals surface area contributed by atoms with Crippen LogP contribution in [-0.4, -0.2) is 43.0 Å². The number of rotatable bonds is 12. The van der Waals surface area contributed by atoms with Crippen LogP contribution in [0.4, 0.5) is 0 Å². The monoisotopic (exact) mass is 478 g/mol. The van der Waals surface area contributed by atoms with Crippen molar-refractivity contribution in [2.45, 2.75) is 65.3 Å². The molecule has 0 bridgehead atoms. The summed E-state index contributed by atoms with van der Waals surface area (Å²) in [6, 6.07) is 9.51. The van der Waals surface area contributed by atoms with E-state index in [2.05, 4.69) is 13.8 Å². The molecule has 0 radical (unpaired) electrons. The van der Waals surface area contributed by atoms with Gasteiger partial charge in [-0.05, 0) is 65.6 Å². The van der Waals surface area contributed by atoms with Gasteiger partial charge in [0, 0.05) is 6.54 Å². The number of carbonyl (C=O) groups is 1. The van der Waals surface area contributed by atoms with Gasteiger partial charge in [-0.2, -0.15) is 4.31 Å². The number of nitrogens with zero attached hydrogens (tertiary/aromatic N) is 1. The molecular weight excluding hydrogens is 440 g/mol. The molecular formula is C25H38N2O5S. The topological polar surface area (TPSA) is 95.9 Å². The lowest BCUT2D eigenvalue weighted by Gasteiger charge is -2.32. The molecule has 0 aromatic heterocycles. The van der Waals surface area contributed by atoms with E-state index in [1.165, 1.54) is 4.31 Å². The number of amides is 1. The van der Waals surface area contributed by atoms with Crippen LogP contribution in [0.25, 0.3) is 10.8 Å². The smallest absolute Gasteiger partial charge is 0.262 e.